The molecule has 1 aliphatic heterocycles. The monoisotopic (exact) mass is 165 g/mol. The van der Waals surface area contributed by atoms with E-state index < -0.39 is 0 Å². The summed E-state index contributed by atoms with van der Waals surface area (Å²) in [6.45, 7) is 3.68. The summed E-state index contributed by atoms with van der Waals surface area (Å²) < 4.78 is 13.1. The van der Waals surface area contributed by atoms with Crippen LogP contribution < -0.4 is 5.32 Å². The molecule has 0 spiro atoms. The molecule has 0 unspecified atom stereocenters. The zero-order valence-corrected chi connectivity index (χ0v) is 7.15. The van der Waals surface area contributed by atoms with Crippen LogP contribution in [0.15, 0.2) is 12.1 Å². The van der Waals surface area contributed by atoms with E-state index in [2.05, 4.69) is 5.32 Å². The summed E-state index contributed by atoms with van der Waals surface area (Å²) in [6.07, 6.45) is 1.02. The number of rotatable bonds is 0. The molecule has 0 amide bonds. The van der Waals surface area contributed by atoms with Crippen molar-refractivity contribution in [2.75, 3.05) is 6.54 Å². The molecule has 2 rings (SSSR count). The lowest BCUT2D eigenvalue weighted by Crippen LogP contribution is -2.24. The lowest BCUT2D eigenvalue weighted by Gasteiger charge is -2.19. The number of hydrogen-bond acceptors (Lipinski definition) is 1. The average Bonchev–Trinajstić information content (AvgIpc) is 2.12. The summed E-state index contributed by atoms with van der Waals surface area (Å²) in [7, 11) is 0. The zero-order valence-electron chi connectivity index (χ0n) is 7.15. The molecular formula is C10H12FN. The molecule has 0 fully saturated rings. The minimum atomic E-state index is -0.0857. The van der Waals surface area contributed by atoms with Crippen LogP contribution in [-0.4, -0.2) is 6.54 Å². The van der Waals surface area contributed by atoms with Crippen molar-refractivity contribution in [3.63, 3.8) is 0 Å². The van der Waals surface area contributed by atoms with Crippen molar-refractivity contribution in [2.24, 2.45) is 0 Å². The maximum Gasteiger partial charge on any atom is 0.126 e. The van der Waals surface area contributed by atoms with Crippen LogP contribution in [0, 0.1) is 12.7 Å². The zero-order chi connectivity index (χ0) is 8.55. The molecule has 0 bridgehead atoms. The fourth-order valence-corrected chi connectivity index (χ4v) is 1.70. The van der Waals surface area contributed by atoms with E-state index in [0.717, 1.165) is 30.6 Å². The maximum absolute atomic E-state index is 13.1. The smallest absolute Gasteiger partial charge is 0.126 e. The van der Waals surface area contributed by atoms with Crippen LogP contribution in [-0.2, 0) is 13.0 Å². The van der Waals surface area contributed by atoms with Gasteiger partial charge in [0.05, 0.1) is 0 Å². The van der Waals surface area contributed by atoms with Gasteiger partial charge < -0.3 is 5.32 Å². The Morgan fingerprint density at radius 3 is 3.08 bits per heavy atom. The molecule has 1 aromatic rings. The van der Waals surface area contributed by atoms with Crippen LogP contribution >= 0.6 is 0 Å². The van der Waals surface area contributed by atoms with Gasteiger partial charge in [0, 0.05) is 6.54 Å². The normalized spacial score (nSPS) is 15.8. The molecular weight excluding hydrogens is 153 g/mol. The third-order valence-electron chi connectivity index (χ3n) is 2.50. The highest BCUT2D eigenvalue weighted by Crippen LogP contribution is 2.20. The van der Waals surface area contributed by atoms with Gasteiger partial charge in [-0.15, -0.1) is 0 Å². The quantitative estimate of drug-likeness (QED) is 0.618. The van der Waals surface area contributed by atoms with Gasteiger partial charge in [-0.25, -0.2) is 4.39 Å². The Balaban J connectivity index is 2.54. The summed E-state index contributed by atoms with van der Waals surface area (Å²) >= 11 is 0. The topological polar surface area (TPSA) is 12.0 Å². The first-order valence-corrected chi connectivity index (χ1v) is 4.26. The first-order chi connectivity index (χ1) is 5.79. The third kappa shape index (κ3) is 1.12. The second-order valence-corrected chi connectivity index (χ2v) is 3.24. The molecule has 12 heavy (non-hydrogen) atoms. The van der Waals surface area contributed by atoms with E-state index in [1.165, 1.54) is 5.56 Å². The van der Waals surface area contributed by atoms with Crippen LogP contribution in [0.4, 0.5) is 4.39 Å². The van der Waals surface area contributed by atoms with Gasteiger partial charge >= 0.3 is 0 Å². The maximum atomic E-state index is 13.1. The van der Waals surface area contributed by atoms with E-state index in [1.807, 2.05) is 13.0 Å². The van der Waals surface area contributed by atoms with E-state index in [4.69, 9.17) is 0 Å². The molecule has 64 valence electrons. The average molecular weight is 165 g/mol. The number of halogens is 1. The lowest BCUT2D eigenvalue weighted by molar-refractivity contribution is 0.593. The third-order valence-corrected chi connectivity index (χ3v) is 2.50. The highest BCUT2D eigenvalue weighted by Gasteiger charge is 2.12. The Labute approximate surface area is 71.6 Å². The van der Waals surface area contributed by atoms with Crippen molar-refractivity contribution in [3.8, 4) is 0 Å². The molecule has 1 aromatic carbocycles. The van der Waals surface area contributed by atoms with Gasteiger partial charge in [0.1, 0.15) is 5.82 Å². The van der Waals surface area contributed by atoms with Crippen molar-refractivity contribution in [1.29, 1.82) is 0 Å². The van der Waals surface area contributed by atoms with Gasteiger partial charge in [0.25, 0.3) is 0 Å². The predicted molar refractivity (Wildman–Crippen MR) is 46.5 cm³/mol. The van der Waals surface area contributed by atoms with Crippen LogP contribution in [0.5, 0.6) is 0 Å². The van der Waals surface area contributed by atoms with Gasteiger partial charge in [-0.3, -0.25) is 0 Å². The van der Waals surface area contributed by atoms with Gasteiger partial charge in [0.2, 0.25) is 0 Å². The Hall–Kier alpha value is -0.890. The van der Waals surface area contributed by atoms with Crippen molar-refractivity contribution in [3.05, 3.63) is 34.6 Å². The van der Waals surface area contributed by atoms with Crippen molar-refractivity contribution in [2.45, 2.75) is 19.9 Å². The Kier molecular flexibility index (Phi) is 1.85. The molecule has 1 N–H and O–H groups in total. The Morgan fingerprint density at radius 2 is 2.25 bits per heavy atom. The van der Waals surface area contributed by atoms with Crippen LogP contribution in [0.25, 0.3) is 0 Å². The lowest BCUT2D eigenvalue weighted by atomic mass is 9.96. The second kappa shape index (κ2) is 2.87. The molecule has 1 aliphatic rings. The minimum absolute atomic E-state index is 0.0857. The molecule has 0 saturated carbocycles. The fraction of sp³-hybridized carbons (Fsp3) is 0.400. The van der Waals surface area contributed by atoms with Crippen molar-refractivity contribution in [1.82, 2.24) is 5.32 Å². The molecule has 0 aromatic heterocycles. The van der Waals surface area contributed by atoms with Crippen molar-refractivity contribution >= 4 is 0 Å². The van der Waals surface area contributed by atoms with Crippen molar-refractivity contribution < 1.29 is 4.39 Å². The van der Waals surface area contributed by atoms with E-state index >= 15 is 0 Å². The Bertz CT molecular complexity index is 307. The summed E-state index contributed by atoms with van der Waals surface area (Å²) in [6, 6.07) is 3.47. The first-order valence-electron chi connectivity index (χ1n) is 4.26. The number of nitrogens with one attached hydrogen (secondary N) is 1. The van der Waals surface area contributed by atoms with Gasteiger partial charge in [-0.1, -0.05) is 6.07 Å². The molecule has 0 radical (unpaired) electrons. The van der Waals surface area contributed by atoms with Gasteiger partial charge in [0.15, 0.2) is 0 Å². The largest absolute Gasteiger partial charge is 0.312 e. The standard InChI is InChI=1S/C10H12FN/c1-7-9-6-12-5-4-8(9)2-3-10(7)11/h2-3,12H,4-6H2,1H3. The van der Waals surface area contributed by atoms with E-state index in [9.17, 15) is 4.39 Å². The molecule has 1 heterocycles. The number of benzene rings is 1. The van der Waals surface area contributed by atoms with Crippen LogP contribution in [0.2, 0.25) is 0 Å². The van der Waals surface area contributed by atoms with E-state index in [0.29, 0.717) is 0 Å². The number of fused-ring (bicyclic) bond motifs is 1. The molecule has 0 atom stereocenters. The Morgan fingerprint density at radius 1 is 1.42 bits per heavy atom. The first kappa shape index (κ1) is 7.74. The summed E-state index contributed by atoms with van der Waals surface area (Å²) in [5.74, 6) is -0.0857. The highest BCUT2D eigenvalue weighted by molar-refractivity contribution is 5.36. The number of hydrogen-bond donors (Lipinski definition) is 1. The SMILES string of the molecule is Cc1c(F)ccc2c1CNCC2. The highest BCUT2D eigenvalue weighted by atomic mass is 19.1. The van der Waals surface area contributed by atoms with E-state index in [-0.39, 0.29) is 5.82 Å². The molecule has 2 heteroatoms. The minimum Gasteiger partial charge on any atom is -0.312 e. The second-order valence-electron chi connectivity index (χ2n) is 3.24. The van der Waals surface area contributed by atoms with E-state index in [1.54, 1.807) is 6.07 Å². The summed E-state index contributed by atoms with van der Waals surface area (Å²) in [5, 5.41) is 3.24. The molecule has 1 nitrogen and oxygen atoms in total. The predicted octanol–water partition coefficient (Wildman–Crippen LogP) is 1.78. The molecule has 0 aliphatic carbocycles. The van der Waals surface area contributed by atoms with Gasteiger partial charge in [-0.05, 0) is 42.6 Å². The fourth-order valence-electron chi connectivity index (χ4n) is 1.70. The van der Waals surface area contributed by atoms with Crippen LogP contribution in [0.1, 0.15) is 16.7 Å². The molecule has 0 saturated heterocycles. The van der Waals surface area contributed by atoms with Crippen LogP contribution in [0.3, 0.4) is 0 Å². The summed E-state index contributed by atoms with van der Waals surface area (Å²) in [5.41, 5.74) is 3.26. The summed E-state index contributed by atoms with van der Waals surface area (Å²) in [4.78, 5) is 0. The van der Waals surface area contributed by atoms with Gasteiger partial charge in [-0.2, -0.15) is 0 Å².